The van der Waals surface area contributed by atoms with Gasteiger partial charge in [-0.2, -0.15) is 4.31 Å². The van der Waals surface area contributed by atoms with Gasteiger partial charge in [0.25, 0.3) is 0 Å². The molecule has 1 aliphatic rings. The van der Waals surface area contributed by atoms with Gasteiger partial charge >= 0.3 is 0 Å². The molecule has 1 fully saturated rings. The van der Waals surface area contributed by atoms with Crippen LogP contribution in [-0.4, -0.2) is 51.5 Å². The van der Waals surface area contributed by atoms with Crippen molar-refractivity contribution < 1.29 is 22.7 Å². The van der Waals surface area contributed by atoms with Gasteiger partial charge in [-0.25, -0.2) is 8.42 Å². The Labute approximate surface area is 184 Å². The zero-order valence-electron chi connectivity index (χ0n) is 18.2. The van der Waals surface area contributed by atoms with Gasteiger partial charge < -0.3 is 14.8 Å². The fraction of sp³-hybridized carbons (Fsp3) is 0.435. The minimum Gasteiger partial charge on any atom is -0.493 e. The second-order valence-electron chi connectivity index (χ2n) is 7.86. The van der Waals surface area contributed by atoms with E-state index in [2.05, 4.69) is 5.32 Å². The average molecular weight is 447 g/mol. The van der Waals surface area contributed by atoms with Gasteiger partial charge in [0.1, 0.15) is 6.61 Å². The predicted octanol–water partition coefficient (Wildman–Crippen LogP) is 2.99. The number of benzene rings is 2. The third kappa shape index (κ3) is 5.77. The van der Waals surface area contributed by atoms with Crippen LogP contribution < -0.4 is 14.8 Å². The molecule has 0 aromatic heterocycles. The summed E-state index contributed by atoms with van der Waals surface area (Å²) in [5.74, 6) is 0.991. The van der Waals surface area contributed by atoms with E-state index in [-0.39, 0.29) is 17.9 Å². The lowest BCUT2D eigenvalue weighted by Crippen LogP contribution is -2.45. The van der Waals surface area contributed by atoms with Crippen molar-refractivity contribution in [3.8, 4) is 11.5 Å². The number of hydrogen-bond acceptors (Lipinski definition) is 5. The van der Waals surface area contributed by atoms with E-state index >= 15 is 0 Å². The molecular weight excluding hydrogens is 416 g/mol. The van der Waals surface area contributed by atoms with Crippen molar-refractivity contribution in [1.82, 2.24) is 9.62 Å². The quantitative estimate of drug-likeness (QED) is 0.674. The van der Waals surface area contributed by atoms with Crippen molar-refractivity contribution >= 4 is 15.9 Å². The van der Waals surface area contributed by atoms with Gasteiger partial charge in [-0.05, 0) is 51.0 Å². The molecule has 0 unspecified atom stereocenters. The summed E-state index contributed by atoms with van der Waals surface area (Å²) in [4.78, 5) is 12.9. The molecule has 0 saturated carbocycles. The first kappa shape index (κ1) is 23.1. The predicted molar refractivity (Wildman–Crippen MR) is 119 cm³/mol. The summed E-state index contributed by atoms with van der Waals surface area (Å²) in [5, 5.41) is 2.98. The molecule has 168 valence electrons. The molecule has 8 heteroatoms. The first-order valence-corrected chi connectivity index (χ1v) is 11.9. The van der Waals surface area contributed by atoms with Crippen LogP contribution in [0.5, 0.6) is 11.5 Å². The molecule has 31 heavy (non-hydrogen) atoms. The monoisotopic (exact) mass is 446 g/mol. The lowest BCUT2D eigenvalue weighted by Gasteiger charge is -2.31. The highest BCUT2D eigenvalue weighted by atomic mass is 32.2. The maximum absolute atomic E-state index is 12.8. The molecule has 1 heterocycles. The molecule has 0 aliphatic carbocycles. The lowest BCUT2D eigenvalue weighted by molar-refractivity contribution is -0.126. The third-order valence-corrected chi connectivity index (χ3v) is 7.34. The summed E-state index contributed by atoms with van der Waals surface area (Å²) in [7, 11) is -1.94. The number of carbonyl (C=O) groups excluding carboxylic acids is 1. The van der Waals surface area contributed by atoms with Crippen molar-refractivity contribution in [2.75, 3.05) is 26.8 Å². The van der Waals surface area contributed by atoms with E-state index < -0.39 is 10.0 Å². The minimum atomic E-state index is -3.53. The Morgan fingerprint density at radius 3 is 2.32 bits per heavy atom. The molecule has 2 aromatic carbocycles. The molecule has 1 amide bonds. The molecule has 1 N–H and O–H groups in total. The van der Waals surface area contributed by atoms with Crippen LogP contribution in [0.3, 0.4) is 0 Å². The minimum absolute atomic E-state index is 0.0662. The average Bonchev–Trinajstić information content (AvgIpc) is 2.78. The SMILES string of the molecule is COc1ccccc1OC[C@@H](C)NC(=O)C1CCN(S(=O)(=O)c2ccc(C)cc2)CC1. The Bertz CT molecular complexity index is 983. The van der Waals surface area contributed by atoms with Gasteiger partial charge in [0, 0.05) is 19.0 Å². The van der Waals surface area contributed by atoms with E-state index in [9.17, 15) is 13.2 Å². The van der Waals surface area contributed by atoms with Crippen LogP contribution in [0.2, 0.25) is 0 Å². The number of hydrogen-bond donors (Lipinski definition) is 1. The summed E-state index contributed by atoms with van der Waals surface area (Å²) in [6.07, 6.45) is 0.994. The van der Waals surface area contributed by atoms with Gasteiger partial charge in [-0.1, -0.05) is 29.8 Å². The molecule has 1 aliphatic heterocycles. The van der Waals surface area contributed by atoms with Crippen molar-refractivity contribution in [2.24, 2.45) is 5.92 Å². The van der Waals surface area contributed by atoms with Gasteiger partial charge in [0.2, 0.25) is 15.9 Å². The van der Waals surface area contributed by atoms with Crippen molar-refractivity contribution in [3.63, 3.8) is 0 Å². The second-order valence-corrected chi connectivity index (χ2v) is 9.80. The Morgan fingerprint density at radius 1 is 1.10 bits per heavy atom. The molecule has 1 saturated heterocycles. The maximum Gasteiger partial charge on any atom is 0.243 e. The van der Waals surface area contributed by atoms with Crippen molar-refractivity contribution in [2.45, 2.75) is 37.6 Å². The first-order valence-electron chi connectivity index (χ1n) is 10.4. The first-order chi connectivity index (χ1) is 14.8. The highest BCUT2D eigenvalue weighted by Crippen LogP contribution is 2.26. The smallest absolute Gasteiger partial charge is 0.243 e. The molecular formula is C23H30N2O5S. The Kier molecular flexibility index (Phi) is 7.56. The lowest BCUT2D eigenvalue weighted by atomic mass is 9.97. The van der Waals surface area contributed by atoms with Crippen molar-refractivity contribution in [1.29, 1.82) is 0 Å². The summed E-state index contributed by atoms with van der Waals surface area (Å²) in [6.45, 7) is 4.78. The van der Waals surface area contributed by atoms with Crippen LogP contribution >= 0.6 is 0 Å². The van der Waals surface area contributed by atoms with E-state index in [0.717, 1.165) is 5.56 Å². The summed E-state index contributed by atoms with van der Waals surface area (Å²) < 4.78 is 38.1. The second kappa shape index (κ2) is 10.2. The number of amides is 1. The van der Waals surface area contributed by atoms with E-state index in [0.29, 0.717) is 48.9 Å². The summed E-state index contributed by atoms with van der Waals surface area (Å²) in [6, 6.07) is 14.0. The fourth-order valence-electron chi connectivity index (χ4n) is 3.57. The fourth-order valence-corrected chi connectivity index (χ4v) is 5.04. The number of nitrogens with one attached hydrogen (secondary N) is 1. The zero-order chi connectivity index (χ0) is 22.4. The third-order valence-electron chi connectivity index (χ3n) is 5.43. The number of nitrogens with zero attached hydrogens (tertiary/aromatic N) is 1. The normalized spacial score (nSPS) is 16.5. The number of carbonyl (C=O) groups is 1. The molecule has 7 nitrogen and oxygen atoms in total. The van der Waals surface area contributed by atoms with Gasteiger partial charge in [0.15, 0.2) is 11.5 Å². The highest BCUT2D eigenvalue weighted by Gasteiger charge is 2.32. The number of methoxy groups -OCH3 is 1. The molecule has 0 radical (unpaired) electrons. The number of sulfonamides is 1. The molecule has 0 bridgehead atoms. The number of rotatable bonds is 8. The van der Waals surface area contributed by atoms with E-state index in [1.54, 1.807) is 31.4 Å². The number of aryl methyl sites for hydroxylation is 1. The molecule has 1 atom stereocenters. The topological polar surface area (TPSA) is 84.9 Å². The Morgan fingerprint density at radius 2 is 1.71 bits per heavy atom. The van der Waals surface area contributed by atoms with Crippen LogP contribution in [0.25, 0.3) is 0 Å². The van der Waals surface area contributed by atoms with E-state index in [1.165, 1.54) is 4.31 Å². The molecule has 2 aromatic rings. The number of ether oxygens (including phenoxy) is 2. The number of piperidine rings is 1. The Balaban J connectivity index is 1.49. The number of para-hydroxylation sites is 2. The van der Waals surface area contributed by atoms with Gasteiger partial charge in [-0.3, -0.25) is 4.79 Å². The Hall–Kier alpha value is -2.58. The van der Waals surface area contributed by atoms with Crippen molar-refractivity contribution in [3.05, 3.63) is 54.1 Å². The summed E-state index contributed by atoms with van der Waals surface area (Å²) >= 11 is 0. The maximum atomic E-state index is 12.8. The standard InChI is InChI=1S/C23H30N2O5S/c1-17-8-10-20(11-9-17)31(27,28)25-14-12-19(13-15-25)23(26)24-18(2)16-30-22-7-5-4-6-21(22)29-3/h4-11,18-19H,12-16H2,1-3H3,(H,24,26)/t18-/m1/s1. The van der Waals surface area contributed by atoms with E-state index in [4.69, 9.17) is 9.47 Å². The van der Waals surface area contributed by atoms with Crippen LogP contribution in [0.15, 0.2) is 53.4 Å². The van der Waals surface area contributed by atoms with Gasteiger partial charge in [-0.15, -0.1) is 0 Å². The van der Waals surface area contributed by atoms with Crippen LogP contribution in [0, 0.1) is 12.8 Å². The molecule has 3 rings (SSSR count). The molecule has 0 spiro atoms. The zero-order valence-corrected chi connectivity index (χ0v) is 19.0. The van der Waals surface area contributed by atoms with Gasteiger partial charge in [0.05, 0.1) is 18.0 Å². The van der Waals surface area contributed by atoms with E-state index in [1.807, 2.05) is 38.1 Å². The van der Waals surface area contributed by atoms with Crippen LogP contribution in [0.1, 0.15) is 25.3 Å². The highest BCUT2D eigenvalue weighted by molar-refractivity contribution is 7.89. The summed E-state index contributed by atoms with van der Waals surface area (Å²) in [5.41, 5.74) is 1.01. The van der Waals surface area contributed by atoms with Crippen LogP contribution in [-0.2, 0) is 14.8 Å². The largest absolute Gasteiger partial charge is 0.493 e. The van der Waals surface area contributed by atoms with Crippen LogP contribution in [0.4, 0.5) is 0 Å².